The zero-order valence-corrected chi connectivity index (χ0v) is 8.94. The van der Waals surface area contributed by atoms with Crippen LogP contribution in [0.2, 0.25) is 0 Å². The van der Waals surface area contributed by atoms with E-state index in [9.17, 15) is 0 Å². The third-order valence-electron chi connectivity index (χ3n) is 1.19. The van der Waals surface area contributed by atoms with Gasteiger partial charge in [0.2, 0.25) is 0 Å². The molecule has 0 saturated heterocycles. The maximum atomic E-state index is 5.80. The van der Waals surface area contributed by atoms with Gasteiger partial charge in [0, 0.05) is 0 Å². The largest absolute Gasteiger partial charge is 0.176 e. The van der Waals surface area contributed by atoms with Crippen molar-refractivity contribution in [3.05, 3.63) is 0 Å². The van der Waals surface area contributed by atoms with Gasteiger partial charge in [0.1, 0.15) is 0 Å². The second-order valence-corrected chi connectivity index (χ2v) is 5.34. The highest BCUT2D eigenvalue weighted by Crippen LogP contribution is 2.35. The molecule has 1 atom stereocenters. The van der Waals surface area contributed by atoms with Gasteiger partial charge in [0.25, 0.3) is 0 Å². The Balaban J connectivity index is 3.52. The van der Waals surface area contributed by atoms with Gasteiger partial charge in [-0.2, -0.15) is 0 Å². The number of rotatable bonds is 4. The molecule has 4 heteroatoms. The van der Waals surface area contributed by atoms with E-state index in [-0.39, 0.29) is 5.38 Å². The highest BCUT2D eigenvalue weighted by molar-refractivity contribution is 7.85. The Morgan fingerprint density at radius 1 is 1.50 bits per heavy atom. The van der Waals surface area contributed by atoms with Gasteiger partial charge >= 0.3 is 0 Å². The number of unbranched alkanes of at least 4 members (excludes halogenated alkanes) is 1. The van der Waals surface area contributed by atoms with E-state index in [1.807, 2.05) is 0 Å². The minimum atomic E-state index is -1.09. The van der Waals surface area contributed by atoms with E-state index in [1.165, 1.54) is 0 Å². The molecule has 0 saturated carbocycles. The van der Waals surface area contributed by atoms with Crippen molar-refractivity contribution in [3.63, 3.8) is 0 Å². The van der Waals surface area contributed by atoms with Gasteiger partial charge in [-0.15, -0.1) is 24.2 Å². The van der Waals surface area contributed by atoms with Gasteiger partial charge in [-0.1, -0.05) is 43.0 Å². The predicted octanol–water partition coefficient (Wildman–Crippen LogP) is 3.85. The Bertz CT molecular complexity index is 89.5. The van der Waals surface area contributed by atoms with Crippen LogP contribution in [0.15, 0.2) is 0 Å². The Morgan fingerprint density at radius 3 is 2.30 bits per heavy atom. The Kier molecular flexibility index (Phi) is 5.58. The number of halogens is 3. The van der Waals surface area contributed by atoms with Gasteiger partial charge in [-0.3, -0.25) is 0 Å². The molecule has 0 aliphatic carbocycles. The van der Waals surface area contributed by atoms with E-state index in [4.69, 9.17) is 34.8 Å². The molecule has 10 heavy (non-hydrogen) atoms. The molecule has 0 amide bonds. The normalized spacial score (nSPS) is 15.3. The molecule has 0 spiro atoms. The van der Waals surface area contributed by atoms with Crippen molar-refractivity contribution >= 4 is 47.4 Å². The van der Waals surface area contributed by atoms with Crippen molar-refractivity contribution < 1.29 is 0 Å². The van der Waals surface area contributed by atoms with Crippen LogP contribution in [0.25, 0.3) is 0 Å². The fraction of sp³-hybridized carbons (Fsp3) is 1.00. The maximum Gasteiger partial charge on any atom is 0.176 e. The smallest absolute Gasteiger partial charge is 0.139 e. The zero-order valence-electron chi connectivity index (χ0n) is 5.78. The molecule has 0 heterocycles. The standard InChI is InChI=1S/C6H11Cl3S/c1-2-3-4-5(7)6(8,9)10/h5,10H,2-4H2,1H3. The van der Waals surface area contributed by atoms with E-state index in [0.717, 1.165) is 19.3 Å². The second-order valence-electron chi connectivity index (χ2n) is 2.20. The minimum absolute atomic E-state index is 0.265. The van der Waals surface area contributed by atoms with Crippen molar-refractivity contribution in [1.29, 1.82) is 0 Å². The maximum absolute atomic E-state index is 5.80. The molecule has 0 rings (SSSR count). The fourth-order valence-electron chi connectivity index (χ4n) is 0.557. The first-order chi connectivity index (χ1) is 4.48. The molecule has 0 aromatic carbocycles. The Morgan fingerprint density at radius 2 is 2.00 bits per heavy atom. The van der Waals surface area contributed by atoms with Crippen molar-refractivity contribution in [2.45, 2.75) is 35.2 Å². The molecular formula is C6H11Cl3S. The van der Waals surface area contributed by atoms with E-state index >= 15 is 0 Å². The number of alkyl halides is 3. The number of hydrogen-bond acceptors (Lipinski definition) is 1. The van der Waals surface area contributed by atoms with Crippen LogP contribution in [0, 0.1) is 0 Å². The quantitative estimate of drug-likeness (QED) is 0.541. The molecule has 0 aromatic heterocycles. The minimum Gasteiger partial charge on any atom is -0.139 e. The summed E-state index contributed by atoms with van der Waals surface area (Å²) >= 11 is 21.0. The predicted molar refractivity (Wildman–Crippen MR) is 52.6 cm³/mol. The summed E-state index contributed by atoms with van der Waals surface area (Å²) in [7, 11) is 0. The lowest BCUT2D eigenvalue weighted by molar-refractivity contribution is 0.688. The topological polar surface area (TPSA) is 0 Å². The average molecular weight is 222 g/mol. The summed E-state index contributed by atoms with van der Waals surface area (Å²) in [6.07, 6.45) is 2.95. The molecule has 0 bridgehead atoms. The van der Waals surface area contributed by atoms with Crippen molar-refractivity contribution in [3.8, 4) is 0 Å². The number of thiol groups is 1. The zero-order chi connectivity index (χ0) is 8.20. The summed E-state index contributed by atoms with van der Waals surface area (Å²) in [5.74, 6) is 0. The molecule has 1 unspecified atom stereocenters. The van der Waals surface area contributed by atoms with Crippen molar-refractivity contribution in [2.24, 2.45) is 0 Å². The molecule has 0 aromatic rings. The highest BCUT2D eigenvalue weighted by Gasteiger charge is 2.27. The summed E-state index contributed by atoms with van der Waals surface area (Å²) in [6, 6.07) is 0. The molecule has 0 nitrogen and oxygen atoms in total. The van der Waals surface area contributed by atoms with E-state index in [2.05, 4.69) is 19.6 Å². The van der Waals surface area contributed by atoms with Gasteiger partial charge in [-0.25, -0.2) is 0 Å². The first kappa shape index (κ1) is 11.2. The molecule has 62 valence electrons. The van der Waals surface area contributed by atoms with Crippen LogP contribution in [0.5, 0.6) is 0 Å². The lowest BCUT2D eigenvalue weighted by atomic mass is 10.2. The summed E-state index contributed by atoms with van der Waals surface area (Å²) < 4.78 is -1.09. The molecule has 0 aliphatic heterocycles. The van der Waals surface area contributed by atoms with E-state index in [0.29, 0.717) is 0 Å². The molecule has 0 aliphatic rings. The highest BCUT2D eigenvalue weighted by atomic mass is 35.5. The second kappa shape index (κ2) is 4.97. The van der Waals surface area contributed by atoms with Crippen LogP contribution in [-0.4, -0.2) is 9.04 Å². The Hall–Kier alpha value is 1.22. The summed E-state index contributed by atoms with van der Waals surface area (Å²) in [5, 5.41) is -0.265. The molecular weight excluding hydrogens is 210 g/mol. The molecule has 0 radical (unpaired) electrons. The fourth-order valence-corrected chi connectivity index (χ4v) is 1.06. The van der Waals surface area contributed by atoms with E-state index < -0.39 is 3.67 Å². The van der Waals surface area contributed by atoms with Crippen LogP contribution in [0.1, 0.15) is 26.2 Å². The van der Waals surface area contributed by atoms with Gasteiger partial charge < -0.3 is 0 Å². The van der Waals surface area contributed by atoms with Crippen LogP contribution in [0.4, 0.5) is 0 Å². The lowest BCUT2D eigenvalue weighted by Gasteiger charge is -2.18. The number of hydrogen-bond donors (Lipinski definition) is 1. The van der Waals surface area contributed by atoms with Crippen LogP contribution >= 0.6 is 47.4 Å². The van der Waals surface area contributed by atoms with Crippen LogP contribution < -0.4 is 0 Å². The van der Waals surface area contributed by atoms with Crippen LogP contribution in [0.3, 0.4) is 0 Å². The lowest BCUT2D eigenvalue weighted by Crippen LogP contribution is -2.19. The third-order valence-corrected chi connectivity index (χ3v) is 2.95. The van der Waals surface area contributed by atoms with Gasteiger partial charge in [0.15, 0.2) is 3.67 Å². The first-order valence-corrected chi connectivity index (χ1v) is 4.86. The third kappa shape index (κ3) is 4.95. The SMILES string of the molecule is CCCCC(Cl)C(S)(Cl)Cl. The van der Waals surface area contributed by atoms with Gasteiger partial charge in [-0.05, 0) is 6.42 Å². The van der Waals surface area contributed by atoms with E-state index in [1.54, 1.807) is 0 Å². The molecule has 0 N–H and O–H groups in total. The van der Waals surface area contributed by atoms with Crippen LogP contribution in [-0.2, 0) is 0 Å². The monoisotopic (exact) mass is 220 g/mol. The Labute approximate surface area is 82.6 Å². The van der Waals surface area contributed by atoms with Crippen molar-refractivity contribution in [1.82, 2.24) is 0 Å². The molecule has 0 fully saturated rings. The summed E-state index contributed by atoms with van der Waals surface area (Å²) in [5.41, 5.74) is 0. The summed E-state index contributed by atoms with van der Waals surface area (Å²) in [4.78, 5) is 0. The van der Waals surface area contributed by atoms with Crippen molar-refractivity contribution in [2.75, 3.05) is 0 Å². The van der Waals surface area contributed by atoms with Gasteiger partial charge in [0.05, 0.1) is 5.38 Å². The average Bonchev–Trinajstić information content (AvgIpc) is 1.80. The summed E-state index contributed by atoms with van der Waals surface area (Å²) in [6.45, 7) is 2.09. The first-order valence-electron chi connectivity index (χ1n) is 3.22.